The third-order valence-electron chi connectivity index (χ3n) is 5.60. The van der Waals surface area contributed by atoms with Crippen LogP contribution in [0, 0.1) is 6.92 Å². The molecule has 0 saturated carbocycles. The van der Waals surface area contributed by atoms with Crippen LogP contribution < -0.4 is 9.47 Å². The van der Waals surface area contributed by atoms with Crippen molar-refractivity contribution < 1.29 is 22.3 Å². The predicted molar refractivity (Wildman–Crippen MR) is 119 cm³/mol. The lowest BCUT2D eigenvalue weighted by Crippen LogP contribution is -2.39. The fourth-order valence-corrected chi connectivity index (χ4v) is 5.55. The summed E-state index contributed by atoms with van der Waals surface area (Å²) in [5.41, 5.74) is 1.50. The largest absolute Gasteiger partial charge is 0.496 e. The minimum atomic E-state index is -3.65. The molecule has 1 fully saturated rings. The van der Waals surface area contributed by atoms with Crippen molar-refractivity contribution in [3.63, 3.8) is 0 Å². The van der Waals surface area contributed by atoms with Gasteiger partial charge in [-0.3, -0.25) is 0 Å². The van der Waals surface area contributed by atoms with Gasteiger partial charge in [-0.15, -0.1) is 10.2 Å². The first-order valence-corrected chi connectivity index (χ1v) is 12.1. The van der Waals surface area contributed by atoms with E-state index in [-0.39, 0.29) is 10.8 Å². The highest BCUT2D eigenvalue weighted by Crippen LogP contribution is 2.34. The van der Waals surface area contributed by atoms with Gasteiger partial charge in [-0.2, -0.15) is 4.31 Å². The van der Waals surface area contributed by atoms with Crippen molar-refractivity contribution in [2.24, 2.45) is 0 Å². The lowest BCUT2D eigenvalue weighted by atomic mass is 10.00. The second-order valence-electron chi connectivity index (χ2n) is 7.71. The van der Waals surface area contributed by atoms with E-state index < -0.39 is 10.0 Å². The maximum Gasteiger partial charge on any atom is 0.251 e. The quantitative estimate of drug-likeness (QED) is 0.529. The van der Waals surface area contributed by atoms with Crippen LogP contribution >= 0.6 is 0 Å². The summed E-state index contributed by atoms with van der Waals surface area (Å²) < 4.78 is 44.9. The number of hydrogen-bond donors (Lipinski definition) is 0. The molecule has 0 N–H and O–H groups in total. The van der Waals surface area contributed by atoms with Crippen molar-refractivity contribution in [2.75, 3.05) is 26.8 Å². The molecule has 0 spiro atoms. The number of nitrogens with zero attached hydrogens (tertiary/aromatic N) is 3. The summed E-state index contributed by atoms with van der Waals surface area (Å²) in [6, 6.07) is 12.4. The SMILES string of the molecule is CCOc1ccc(S(=O)(=O)N2CCC[C@@H](c3nnc(-c4ccccc4OC)o3)C2)cc1C. The number of piperidine rings is 1. The molecule has 2 heterocycles. The zero-order chi connectivity index (χ0) is 22.7. The number of aryl methyl sites for hydroxylation is 1. The third kappa shape index (κ3) is 4.35. The Bertz CT molecular complexity index is 1190. The van der Waals surface area contributed by atoms with E-state index in [4.69, 9.17) is 13.9 Å². The Balaban J connectivity index is 1.55. The Morgan fingerprint density at radius 3 is 2.72 bits per heavy atom. The van der Waals surface area contributed by atoms with E-state index in [1.54, 1.807) is 25.3 Å². The molecule has 0 bridgehead atoms. The molecule has 170 valence electrons. The Hall–Kier alpha value is -2.91. The Morgan fingerprint density at radius 2 is 1.97 bits per heavy atom. The van der Waals surface area contributed by atoms with Crippen LogP contribution in [0.4, 0.5) is 0 Å². The van der Waals surface area contributed by atoms with E-state index in [0.717, 1.165) is 12.0 Å². The molecule has 9 heteroatoms. The molecule has 32 heavy (non-hydrogen) atoms. The van der Waals surface area contributed by atoms with Gasteiger partial charge in [-0.05, 0) is 62.6 Å². The molecule has 1 atom stereocenters. The van der Waals surface area contributed by atoms with Crippen LogP contribution in [-0.4, -0.2) is 49.7 Å². The van der Waals surface area contributed by atoms with Gasteiger partial charge in [0.05, 0.1) is 30.1 Å². The molecule has 0 amide bonds. The summed E-state index contributed by atoms with van der Waals surface area (Å²) in [5, 5.41) is 8.39. The van der Waals surface area contributed by atoms with Crippen LogP contribution in [0.25, 0.3) is 11.5 Å². The molecule has 4 rings (SSSR count). The number of rotatable bonds is 7. The molecule has 1 aliphatic heterocycles. The molecule has 0 aliphatic carbocycles. The number of ether oxygens (including phenoxy) is 2. The Kier molecular flexibility index (Phi) is 6.48. The van der Waals surface area contributed by atoms with Crippen molar-refractivity contribution in [3.05, 3.63) is 53.9 Å². The summed E-state index contributed by atoms with van der Waals surface area (Å²) in [6.07, 6.45) is 1.49. The summed E-state index contributed by atoms with van der Waals surface area (Å²) in [7, 11) is -2.06. The lowest BCUT2D eigenvalue weighted by Gasteiger charge is -2.30. The van der Waals surface area contributed by atoms with Crippen LogP contribution in [0.3, 0.4) is 0 Å². The molecule has 0 radical (unpaired) electrons. The first-order valence-electron chi connectivity index (χ1n) is 10.6. The van der Waals surface area contributed by atoms with Gasteiger partial charge in [-0.1, -0.05) is 12.1 Å². The standard InChI is InChI=1S/C23H27N3O5S/c1-4-30-20-12-11-18(14-16(20)2)32(27,28)26-13-7-8-17(15-26)22-24-25-23(31-22)19-9-5-6-10-21(19)29-3/h5-6,9-12,14,17H,4,7-8,13,15H2,1-3H3/t17-/m1/s1. The van der Waals surface area contributed by atoms with E-state index in [0.29, 0.717) is 55.0 Å². The average molecular weight is 458 g/mol. The highest BCUT2D eigenvalue weighted by molar-refractivity contribution is 7.89. The normalized spacial score (nSPS) is 17.3. The lowest BCUT2D eigenvalue weighted by molar-refractivity contribution is 0.286. The van der Waals surface area contributed by atoms with E-state index in [2.05, 4.69) is 10.2 Å². The van der Waals surface area contributed by atoms with E-state index in [9.17, 15) is 8.42 Å². The van der Waals surface area contributed by atoms with Gasteiger partial charge in [0.2, 0.25) is 15.9 Å². The third-order valence-corrected chi connectivity index (χ3v) is 7.46. The minimum Gasteiger partial charge on any atom is -0.496 e. The average Bonchev–Trinajstić information content (AvgIpc) is 3.31. The maximum absolute atomic E-state index is 13.3. The molecule has 3 aromatic rings. The van der Waals surface area contributed by atoms with Crippen LogP contribution in [0.2, 0.25) is 0 Å². The van der Waals surface area contributed by atoms with Crippen LogP contribution in [0.1, 0.15) is 37.1 Å². The van der Waals surface area contributed by atoms with Crippen molar-refractivity contribution in [3.8, 4) is 23.0 Å². The van der Waals surface area contributed by atoms with E-state index >= 15 is 0 Å². The topological polar surface area (TPSA) is 94.8 Å². The second-order valence-corrected chi connectivity index (χ2v) is 9.65. The molecule has 1 aromatic heterocycles. The van der Waals surface area contributed by atoms with Gasteiger partial charge >= 0.3 is 0 Å². The summed E-state index contributed by atoms with van der Waals surface area (Å²) >= 11 is 0. The predicted octanol–water partition coefficient (Wildman–Crippen LogP) is 4.02. The number of hydrogen-bond acceptors (Lipinski definition) is 7. The van der Waals surface area contributed by atoms with Gasteiger partial charge in [0.25, 0.3) is 5.89 Å². The monoisotopic (exact) mass is 457 g/mol. The van der Waals surface area contributed by atoms with E-state index in [1.165, 1.54) is 4.31 Å². The molecular weight excluding hydrogens is 430 g/mol. The minimum absolute atomic E-state index is 0.168. The van der Waals surface area contributed by atoms with Crippen LogP contribution in [0.15, 0.2) is 51.8 Å². The second kappa shape index (κ2) is 9.30. The number of para-hydroxylation sites is 1. The zero-order valence-corrected chi connectivity index (χ0v) is 19.3. The highest BCUT2D eigenvalue weighted by atomic mass is 32.2. The molecule has 1 saturated heterocycles. The maximum atomic E-state index is 13.3. The van der Waals surface area contributed by atoms with Crippen LogP contribution in [-0.2, 0) is 10.0 Å². The summed E-state index contributed by atoms with van der Waals surface area (Å²) in [4.78, 5) is 0.263. The Labute approximate surface area is 188 Å². The smallest absolute Gasteiger partial charge is 0.251 e. The number of benzene rings is 2. The van der Waals surface area contributed by atoms with Gasteiger partial charge in [0.15, 0.2) is 0 Å². The molecule has 8 nitrogen and oxygen atoms in total. The van der Waals surface area contributed by atoms with Gasteiger partial charge in [0, 0.05) is 13.1 Å². The fraction of sp³-hybridized carbons (Fsp3) is 0.391. The zero-order valence-electron chi connectivity index (χ0n) is 18.4. The van der Waals surface area contributed by atoms with Gasteiger partial charge < -0.3 is 13.9 Å². The van der Waals surface area contributed by atoms with Crippen molar-refractivity contribution in [1.82, 2.24) is 14.5 Å². The number of methoxy groups -OCH3 is 1. The number of aromatic nitrogens is 2. The Morgan fingerprint density at radius 1 is 1.16 bits per heavy atom. The fourth-order valence-electron chi connectivity index (χ4n) is 3.94. The molecule has 2 aromatic carbocycles. The molecular formula is C23H27N3O5S. The summed E-state index contributed by atoms with van der Waals surface area (Å²) in [6.45, 7) is 5.03. The number of sulfonamides is 1. The first kappa shape index (κ1) is 22.3. The van der Waals surface area contributed by atoms with Gasteiger partial charge in [-0.25, -0.2) is 8.42 Å². The highest BCUT2D eigenvalue weighted by Gasteiger charge is 2.33. The van der Waals surface area contributed by atoms with Crippen LogP contribution in [0.5, 0.6) is 11.5 Å². The van der Waals surface area contributed by atoms with Gasteiger partial charge in [0.1, 0.15) is 11.5 Å². The first-order chi connectivity index (χ1) is 15.4. The van der Waals surface area contributed by atoms with E-state index in [1.807, 2.05) is 38.1 Å². The van der Waals surface area contributed by atoms with Crippen molar-refractivity contribution in [1.29, 1.82) is 0 Å². The molecule has 0 unspecified atom stereocenters. The van der Waals surface area contributed by atoms with Crippen molar-refractivity contribution in [2.45, 2.75) is 37.5 Å². The molecule has 1 aliphatic rings. The van der Waals surface area contributed by atoms with Crippen molar-refractivity contribution >= 4 is 10.0 Å². The summed E-state index contributed by atoms with van der Waals surface area (Å²) in [5.74, 6) is 1.96.